The summed E-state index contributed by atoms with van der Waals surface area (Å²) in [6.07, 6.45) is 3.73. The van der Waals surface area contributed by atoms with Crippen molar-refractivity contribution in [3.05, 3.63) is 36.0 Å². The minimum atomic E-state index is -0.725. The fourth-order valence-electron chi connectivity index (χ4n) is 2.38. The zero-order valence-electron chi connectivity index (χ0n) is 16.4. The summed E-state index contributed by atoms with van der Waals surface area (Å²) in [5, 5.41) is 4.89. The number of fused-ring (bicyclic) bond motifs is 1. The number of H-pyrrole nitrogens is 1. The van der Waals surface area contributed by atoms with Crippen LogP contribution in [0.1, 0.15) is 53.5 Å². The smallest absolute Gasteiger partial charge is 0.405 e. The normalized spacial score (nSPS) is 11.8. The van der Waals surface area contributed by atoms with E-state index in [4.69, 9.17) is 5.73 Å². The number of nitrogens with two attached hydrogens (primary N) is 1. The molecule has 140 valence electrons. The van der Waals surface area contributed by atoms with Crippen molar-refractivity contribution in [2.45, 2.75) is 65.5 Å². The molecule has 0 spiro atoms. The van der Waals surface area contributed by atoms with E-state index in [2.05, 4.69) is 66.3 Å². The molecule has 0 bridgehead atoms. The fraction of sp³-hybridized carbons (Fsp3) is 0.550. The lowest BCUT2D eigenvalue weighted by molar-refractivity contribution is 0.0600. The molecule has 1 amide bonds. The second-order valence-electron chi connectivity index (χ2n) is 8.17. The van der Waals surface area contributed by atoms with Gasteiger partial charge in [-0.2, -0.15) is 0 Å². The number of aromatic amines is 1. The van der Waals surface area contributed by atoms with E-state index < -0.39 is 11.7 Å². The summed E-state index contributed by atoms with van der Waals surface area (Å²) in [6.45, 7) is 13.0. The van der Waals surface area contributed by atoms with Crippen LogP contribution in [-0.4, -0.2) is 28.8 Å². The first kappa shape index (κ1) is 21.0. The van der Waals surface area contributed by atoms with Crippen molar-refractivity contribution < 1.29 is 9.53 Å². The standard InChI is InChI=1S/C15H22N2.C5H11NO2/c1-15(2,3)17-10-6-7-12-11-16-14-9-5-4-8-13(12)14;1-5(2,3)8-4(6)7/h4-5,8-9,11,16-17H,6-7,10H2,1-3H3;1-3H3,(H2,6,7). The lowest BCUT2D eigenvalue weighted by atomic mass is 10.1. The van der Waals surface area contributed by atoms with Gasteiger partial charge in [0.2, 0.25) is 0 Å². The van der Waals surface area contributed by atoms with Crippen molar-refractivity contribution in [2.24, 2.45) is 5.73 Å². The minimum absolute atomic E-state index is 0.222. The molecular formula is C20H33N3O2. The van der Waals surface area contributed by atoms with Gasteiger partial charge in [0, 0.05) is 22.6 Å². The molecule has 0 saturated heterocycles. The summed E-state index contributed by atoms with van der Waals surface area (Å²) in [5.74, 6) is 0. The number of ether oxygens (including phenoxy) is 1. The van der Waals surface area contributed by atoms with Gasteiger partial charge in [0.05, 0.1) is 0 Å². The maximum atomic E-state index is 10.0. The van der Waals surface area contributed by atoms with Crippen LogP contribution in [0.15, 0.2) is 30.5 Å². The Kier molecular flexibility index (Phi) is 7.49. The summed E-state index contributed by atoms with van der Waals surface area (Å²) in [7, 11) is 0. The molecule has 0 aliphatic carbocycles. The number of benzene rings is 1. The molecular weight excluding hydrogens is 314 g/mol. The molecule has 0 saturated carbocycles. The van der Waals surface area contributed by atoms with Crippen LogP contribution in [-0.2, 0) is 11.2 Å². The van der Waals surface area contributed by atoms with E-state index in [1.165, 1.54) is 22.9 Å². The van der Waals surface area contributed by atoms with Crippen LogP contribution in [0.25, 0.3) is 10.9 Å². The highest BCUT2D eigenvalue weighted by Crippen LogP contribution is 2.18. The van der Waals surface area contributed by atoms with E-state index in [9.17, 15) is 4.79 Å². The van der Waals surface area contributed by atoms with Gasteiger partial charge < -0.3 is 20.8 Å². The average molecular weight is 348 g/mol. The van der Waals surface area contributed by atoms with E-state index in [0.29, 0.717) is 0 Å². The van der Waals surface area contributed by atoms with Crippen molar-refractivity contribution >= 4 is 17.0 Å². The van der Waals surface area contributed by atoms with Gasteiger partial charge in [0.25, 0.3) is 0 Å². The molecule has 2 aromatic rings. The van der Waals surface area contributed by atoms with Crippen molar-refractivity contribution in [2.75, 3.05) is 6.54 Å². The van der Waals surface area contributed by atoms with Crippen molar-refractivity contribution in [3.8, 4) is 0 Å². The van der Waals surface area contributed by atoms with E-state index in [-0.39, 0.29) is 5.54 Å². The molecule has 2 rings (SSSR count). The Morgan fingerprint density at radius 3 is 2.32 bits per heavy atom. The summed E-state index contributed by atoms with van der Waals surface area (Å²) in [5.41, 5.74) is 7.16. The molecule has 1 aromatic carbocycles. The van der Waals surface area contributed by atoms with E-state index in [1.54, 1.807) is 20.8 Å². The van der Waals surface area contributed by atoms with Gasteiger partial charge in [-0.3, -0.25) is 0 Å². The second-order valence-corrected chi connectivity index (χ2v) is 8.17. The Balaban J connectivity index is 0.000000333. The van der Waals surface area contributed by atoms with Gasteiger partial charge in [-0.15, -0.1) is 0 Å². The highest BCUT2D eigenvalue weighted by Gasteiger charge is 2.12. The fourth-order valence-corrected chi connectivity index (χ4v) is 2.38. The molecule has 5 nitrogen and oxygen atoms in total. The average Bonchev–Trinajstić information content (AvgIpc) is 2.84. The molecule has 1 aromatic heterocycles. The molecule has 0 aliphatic rings. The first-order chi connectivity index (χ1) is 11.5. The van der Waals surface area contributed by atoms with Crippen LogP contribution in [0.3, 0.4) is 0 Å². The highest BCUT2D eigenvalue weighted by atomic mass is 16.6. The number of rotatable bonds is 4. The number of carbonyl (C=O) groups excluding carboxylic acids is 1. The summed E-state index contributed by atoms with van der Waals surface area (Å²) < 4.78 is 4.58. The maximum absolute atomic E-state index is 10.0. The number of hydrogen-bond acceptors (Lipinski definition) is 3. The number of nitrogens with one attached hydrogen (secondary N) is 2. The molecule has 0 fully saturated rings. The Bertz CT molecular complexity index is 663. The molecule has 0 aliphatic heterocycles. The van der Waals surface area contributed by atoms with Crippen LogP contribution in [0.2, 0.25) is 0 Å². The van der Waals surface area contributed by atoms with E-state index in [0.717, 1.165) is 13.0 Å². The Morgan fingerprint density at radius 2 is 1.80 bits per heavy atom. The molecule has 0 radical (unpaired) electrons. The number of hydrogen-bond donors (Lipinski definition) is 3. The van der Waals surface area contributed by atoms with Crippen LogP contribution < -0.4 is 11.1 Å². The summed E-state index contributed by atoms with van der Waals surface area (Å²) in [4.78, 5) is 13.3. The zero-order chi connectivity index (χ0) is 19.1. The van der Waals surface area contributed by atoms with Gasteiger partial charge in [-0.25, -0.2) is 4.79 Å². The number of aromatic nitrogens is 1. The third-order valence-corrected chi connectivity index (χ3v) is 3.36. The number of primary amides is 1. The number of para-hydroxylation sites is 1. The highest BCUT2D eigenvalue weighted by molar-refractivity contribution is 5.82. The summed E-state index contributed by atoms with van der Waals surface area (Å²) >= 11 is 0. The molecule has 4 N–H and O–H groups in total. The zero-order valence-corrected chi connectivity index (χ0v) is 16.4. The van der Waals surface area contributed by atoms with Crippen molar-refractivity contribution in [1.82, 2.24) is 10.3 Å². The number of amides is 1. The predicted molar refractivity (Wildman–Crippen MR) is 105 cm³/mol. The number of aryl methyl sites for hydroxylation is 1. The quantitative estimate of drug-likeness (QED) is 0.719. The van der Waals surface area contributed by atoms with Gasteiger partial charge in [0.1, 0.15) is 5.60 Å². The lowest BCUT2D eigenvalue weighted by Crippen LogP contribution is -2.36. The van der Waals surface area contributed by atoms with E-state index >= 15 is 0 Å². The first-order valence-corrected chi connectivity index (χ1v) is 8.76. The third-order valence-electron chi connectivity index (χ3n) is 3.36. The van der Waals surface area contributed by atoms with Gasteiger partial charge in [0.15, 0.2) is 0 Å². The maximum Gasteiger partial charge on any atom is 0.405 e. The molecule has 1 heterocycles. The van der Waals surface area contributed by atoms with Crippen molar-refractivity contribution in [3.63, 3.8) is 0 Å². The lowest BCUT2D eigenvalue weighted by Gasteiger charge is -2.20. The largest absolute Gasteiger partial charge is 0.444 e. The van der Waals surface area contributed by atoms with Crippen LogP contribution in [0, 0.1) is 0 Å². The second kappa shape index (κ2) is 8.90. The number of carbonyl (C=O) groups is 1. The first-order valence-electron chi connectivity index (χ1n) is 8.76. The Labute approximate surface area is 151 Å². The summed E-state index contributed by atoms with van der Waals surface area (Å²) in [6, 6.07) is 8.50. The topological polar surface area (TPSA) is 80.1 Å². The third kappa shape index (κ3) is 9.15. The monoisotopic (exact) mass is 347 g/mol. The Morgan fingerprint density at radius 1 is 1.16 bits per heavy atom. The van der Waals surface area contributed by atoms with Gasteiger partial charge >= 0.3 is 6.09 Å². The predicted octanol–water partition coefficient (Wildman–Crippen LogP) is 4.37. The molecule has 5 heteroatoms. The Hall–Kier alpha value is -2.01. The van der Waals surface area contributed by atoms with Crippen LogP contribution in [0.4, 0.5) is 4.79 Å². The molecule has 0 atom stereocenters. The molecule has 25 heavy (non-hydrogen) atoms. The molecule has 0 unspecified atom stereocenters. The van der Waals surface area contributed by atoms with Gasteiger partial charge in [-0.1, -0.05) is 18.2 Å². The minimum Gasteiger partial charge on any atom is -0.444 e. The van der Waals surface area contributed by atoms with Gasteiger partial charge in [-0.05, 0) is 72.6 Å². The SMILES string of the molecule is CC(C)(C)NCCCc1c[nH]c2ccccc12.CC(C)(C)OC(N)=O. The van der Waals surface area contributed by atoms with Crippen molar-refractivity contribution in [1.29, 1.82) is 0 Å². The van der Waals surface area contributed by atoms with E-state index in [1.807, 2.05) is 0 Å². The van der Waals surface area contributed by atoms with Crippen LogP contribution in [0.5, 0.6) is 0 Å². The van der Waals surface area contributed by atoms with Crippen LogP contribution >= 0.6 is 0 Å².